The lowest BCUT2D eigenvalue weighted by molar-refractivity contribution is 1.21. The minimum Gasteiger partial charge on any atom is -0.298 e. The monoisotopic (exact) mass is 803 g/mol. The van der Waals surface area contributed by atoms with Crippen LogP contribution in [0.25, 0.3) is 117 Å². The predicted octanol–water partition coefficient (Wildman–Crippen LogP) is 14.6. The summed E-state index contributed by atoms with van der Waals surface area (Å²) in [5.41, 5.74) is 16.5. The fourth-order valence-electron chi connectivity index (χ4n) is 8.93. The summed E-state index contributed by atoms with van der Waals surface area (Å²) in [4.78, 5) is 20.9. The van der Waals surface area contributed by atoms with Crippen LogP contribution in [0.4, 0.5) is 0 Å². The Labute approximate surface area is 364 Å². The van der Waals surface area contributed by atoms with Gasteiger partial charge >= 0.3 is 0 Å². The Bertz CT molecular complexity index is 3620. The SMILES string of the molecule is c1ccc(-c2ccc(-c3nc(-c4ccc(-c5ccc(-c6c(-c7ccccc7)nc7c8c(ccn67)c(-c6ccccc6)nc6ccccc68)cc5)cc4)nc4ccccc34)cc2)cc1. The van der Waals surface area contributed by atoms with Gasteiger partial charge in [0.1, 0.15) is 5.65 Å². The van der Waals surface area contributed by atoms with Crippen molar-refractivity contribution in [2.75, 3.05) is 0 Å². The molecule has 12 aromatic rings. The molecule has 0 fully saturated rings. The van der Waals surface area contributed by atoms with Crippen molar-refractivity contribution >= 4 is 38.2 Å². The van der Waals surface area contributed by atoms with Gasteiger partial charge < -0.3 is 0 Å². The maximum atomic E-state index is 5.48. The zero-order valence-corrected chi connectivity index (χ0v) is 34.1. The van der Waals surface area contributed by atoms with Crippen LogP contribution in [0.15, 0.2) is 225 Å². The van der Waals surface area contributed by atoms with Crippen LogP contribution in [-0.4, -0.2) is 24.3 Å². The van der Waals surface area contributed by atoms with Gasteiger partial charge in [-0.25, -0.2) is 19.9 Å². The zero-order chi connectivity index (χ0) is 41.7. The van der Waals surface area contributed by atoms with Gasteiger partial charge in [-0.1, -0.05) is 200 Å². The molecule has 0 saturated heterocycles. The molecule has 4 heterocycles. The molecule has 4 aromatic heterocycles. The molecule has 0 atom stereocenters. The third-order valence-electron chi connectivity index (χ3n) is 12.1. The van der Waals surface area contributed by atoms with Gasteiger partial charge in [0.25, 0.3) is 0 Å². The molecule has 12 rings (SSSR count). The fourth-order valence-corrected chi connectivity index (χ4v) is 8.93. The standard InChI is InChI=1S/C58H37N5/c1-4-14-38(15-5-1)39-24-30-44(31-25-39)53-48-21-11-13-23-51(48)60-57(61-53)46-34-28-41(29-35-46)40-26-32-45(33-27-40)56-55(43-18-8-3-9-19-43)62-58-52-47-20-10-12-22-50(47)59-54(42-16-6-2-7-17-42)49(52)36-37-63(56)58/h1-37H. The highest BCUT2D eigenvalue weighted by Gasteiger charge is 2.21. The van der Waals surface area contributed by atoms with Crippen molar-refractivity contribution in [3.8, 4) is 78.7 Å². The van der Waals surface area contributed by atoms with E-state index in [1.165, 1.54) is 11.1 Å². The van der Waals surface area contributed by atoms with Crippen molar-refractivity contribution in [1.29, 1.82) is 0 Å². The Morgan fingerprint density at radius 2 is 0.698 bits per heavy atom. The van der Waals surface area contributed by atoms with Crippen LogP contribution in [0.2, 0.25) is 0 Å². The molecule has 0 bridgehead atoms. The van der Waals surface area contributed by atoms with E-state index in [2.05, 4.69) is 205 Å². The Kier molecular flexibility index (Phi) is 8.75. The number of aromatic nitrogens is 5. The van der Waals surface area contributed by atoms with E-state index in [0.717, 1.165) is 99.9 Å². The number of nitrogens with zero attached hydrogens (tertiary/aromatic N) is 5. The molecule has 0 aliphatic rings. The second-order valence-electron chi connectivity index (χ2n) is 15.8. The van der Waals surface area contributed by atoms with Gasteiger partial charge in [0.15, 0.2) is 5.82 Å². The molecule has 0 N–H and O–H groups in total. The van der Waals surface area contributed by atoms with E-state index in [9.17, 15) is 0 Å². The molecule has 0 aliphatic heterocycles. The Morgan fingerprint density at radius 3 is 1.32 bits per heavy atom. The first-order valence-electron chi connectivity index (χ1n) is 21.2. The molecule has 0 spiro atoms. The first kappa shape index (κ1) is 36.3. The topological polar surface area (TPSA) is 56.0 Å². The minimum absolute atomic E-state index is 0.700. The number of fused-ring (bicyclic) bond motifs is 6. The van der Waals surface area contributed by atoms with E-state index in [-0.39, 0.29) is 0 Å². The number of hydrogen-bond acceptors (Lipinski definition) is 4. The van der Waals surface area contributed by atoms with E-state index in [4.69, 9.17) is 19.9 Å². The van der Waals surface area contributed by atoms with Crippen LogP contribution < -0.4 is 0 Å². The second kappa shape index (κ2) is 15.2. The summed E-state index contributed by atoms with van der Waals surface area (Å²) in [5, 5.41) is 4.27. The number of pyridine rings is 2. The molecule has 63 heavy (non-hydrogen) atoms. The molecule has 0 amide bonds. The van der Waals surface area contributed by atoms with Gasteiger partial charge in [-0.15, -0.1) is 0 Å². The first-order valence-corrected chi connectivity index (χ1v) is 21.2. The van der Waals surface area contributed by atoms with Crippen molar-refractivity contribution < 1.29 is 0 Å². The second-order valence-corrected chi connectivity index (χ2v) is 15.8. The van der Waals surface area contributed by atoms with Gasteiger partial charge in [0, 0.05) is 55.6 Å². The molecule has 5 heteroatoms. The molecule has 294 valence electrons. The third kappa shape index (κ3) is 6.42. The zero-order valence-electron chi connectivity index (χ0n) is 34.1. The van der Waals surface area contributed by atoms with Gasteiger partial charge in [-0.05, 0) is 40.5 Å². The lowest BCUT2D eigenvalue weighted by atomic mass is 9.99. The van der Waals surface area contributed by atoms with Crippen molar-refractivity contribution in [1.82, 2.24) is 24.3 Å². The van der Waals surface area contributed by atoms with Crippen LogP contribution in [0, 0.1) is 0 Å². The Balaban J connectivity index is 0.923. The van der Waals surface area contributed by atoms with Crippen LogP contribution in [0.1, 0.15) is 0 Å². The molecule has 8 aromatic carbocycles. The van der Waals surface area contributed by atoms with E-state index in [1.54, 1.807) is 0 Å². The molecule has 0 saturated carbocycles. The Morgan fingerprint density at radius 1 is 0.270 bits per heavy atom. The van der Waals surface area contributed by atoms with E-state index < -0.39 is 0 Å². The highest BCUT2D eigenvalue weighted by molar-refractivity contribution is 6.17. The van der Waals surface area contributed by atoms with E-state index in [0.29, 0.717) is 5.82 Å². The molecular weight excluding hydrogens is 767 g/mol. The van der Waals surface area contributed by atoms with E-state index >= 15 is 0 Å². The van der Waals surface area contributed by atoms with Crippen molar-refractivity contribution in [2.45, 2.75) is 0 Å². The van der Waals surface area contributed by atoms with Crippen LogP contribution >= 0.6 is 0 Å². The predicted molar refractivity (Wildman–Crippen MR) is 259 cm³/mol. The fraction of sp³-hybridized carbons (Fsp3) is 0. The average Bonchev–Trinajstić information content (AvgIpc) is 3.77. The summed E-state index contributed by atoms with van der Waals surface area (Å²) in [5.74, 6) is 0.700. The highest BCUT2D eigenvalue weighted by atomic mass is 15.0. The number of imidazole rings is 1. The summed E-state index contributed by atoms with van der Waals surface area (Å²) < 4.78 is 2.26. The molecular formula is C58H37N5. The van der Waals surface area contributed by atoms with Gasteiger partial charge in [-0.3, -0.25) is 4.40 Å². The van der Waals surface area contributed by atoms with Crippen molar-refractivity contribution in [3.05, 3.63) is 225 Å². The lowest BCUT2D eigenvalue weighted by Gasteiger charge is -2.12. The minimum atomic E-state index is 0.700. The third-order valence-corrected chi connectivity index (χ3v) is 12.1. The maximum absolute atomic E-state index is 5.48. The molecule has 0 radical (unpaired) electrons. The van der Waals surface area contributed by atoms with Gasteiger partial charge in [0.05, 0.1) is 33.8 Å². The Hall–Kier alpha value is -8.54. The largest absolute Gasteiger partial charge is 0.298 e. The average molecular weight is 804 g/mol. The molecule has 0 unspecified atom stereocenters. The van der Waals surface area contributed by atoms with Crippen LogP contribution in [0.3, 0.4) is 0 Å². The highest BCUT2D eigenvalue weighted by Crippen LogP contribution is 2.40. The van der Waals surface area contributed by atoms with Crippen LogP contribution in [0.5, 0.6) is 0 Å². The molecule has 0 aliphatic carbocycles. The number of benzene rings is 8. The van der Waals surface area contributed by atoms with Crippen LogP contribution in [-0.2, 0) is 0 Å². The number of hydrogen-bond donors (Lipinski definition) is 0. The van der Waals surface area contributed by atoms with Gasteiger partial charge in [-0.2, -0.15) is 0 Å². The summed E-state index contributed by atoms with van der Waals surface area (Å²) in [6.07, 6.45) is 2.15. The first-order chi connectivity index (χ1) is 31.2. The maximum Gasteiger partial charge on any atom is 0.160 e. The summed E-state index contributed by atoms with van der Waals surface area (Å²) >= 11 is 0. The smallest absolute Gasteiger partial charge is 0.160 e. The van der Waals surface area contributed by atoms with Crippen molar-refractivity contribution in [2.24, 2.45) is 0 Å². The quantitative estimate of drug-likeness (QED) is 0.151. The van der Waals surface area contributed by atoms with Crippen molar-refractivity contribution in [3.63, 3.8) is 0 Å². The summed E-state index contributed by atoms with van der Waals surface area (Å²) in [6, 6.07) is 76.3. The normalized spacial score (nSPS) is 11.5. The number of rotatable bonds is 7. The summed E-state index contributed by atoms with van der Waals surface area (Å²) in [6.45, 7) is 0. The summed E-state index contributed by atoms with van der Waals surface area (Å²) in [7, 11) is 0. The van der Waals surface area contributed by atoms with Gasteiger partial charge in [0.2, 0.25) is 0 Å². The van der Waals surface area contributed by atoms with E-state index in [1.807, 2.05) is 24.3 Å². The number of para-hydroxylation sites is 2. The lowest BCUT2D eigenvalue weighted by Crippen LogP contribution is -1.95. The molecule has 5 nitrogen and oxygen atoms in total.